The number of anilines is 1. The number of aryl methyl sites for hydroxylation is 1. The van der Waals surface area contributed by atoms with E-state index in [9.17, 15) is 38.3 Å². The first-order valence-corrected chi connectivity index (χ1v) is 16.8. The minimum Gasteiger partial charge on any atom is -0.493 e. The van der Waals surface area contributed by atoms with Gasteiger partial charge in [-0.15, -0.1) is 0 Å². The summed E-state index contributed by atoms with van der Waals surface area (Å²) < 4.78 is 50.7. The molecule has 0 unspecified atom stereocenters. The number of nitrogens with zero attached hydrogens (tertiary/aromatic N) is 2. The molecular formula is C28H27ClFN3O10P2. The van der Waals surface area contributed by atoms with Gasteiger partial charge in [0.2, 0.25) is 5.52 Å². The van der Waals surface area contributed by atoms with Crippen LogP contribution in [0.2, 0.25) is 5.02 Å². The van der Waals surface area contributed by atoms with Crippen LogP contribution >= 0.6 is 26.8 Å². The van der Waals surface area contributed by atoms with Gasteiger partial charge in [0.15, 0.2) is 23.1 Å². The van der Waals surface area contributed by atoms with Crippen LogP contribution < -0.4 is 20.3 Å². The number of Topliss-reactive ketones (excluding diaryl/α,β-unsaturated/α-hetero) is 1. The maximum Gasteiger partial charge on any atom is 0.360 e. The number of aromatic nitrogens is 2. The maximum atomic E-state index is 15.1. The van der Waals surface area contributed by atoms with Crippen molar-refractivity contribution in [3.05, 3.63) is 105 Å². The summed E-state index contributed by atoms with van der Waals surface area (Å²) in [5.74, 6) is -2.64. The number of rotatable bonds is 12. The summed E-state index contributed by atoms with van der Waals surface area (Å²) in [6.07, 6.45) is 2.19. The Bertz CT molecular complexity index is 1870. The molecule has 0 aliphatic rings. The molecule has 0 fully saturated rings. The number of benzene rings is 2. The van der Waals surface area contributed by atoms with E-state index >= 15 is 4.39 Å². The highest BCUT2D eigenvalue weighted by atomic mass is 35.5. The van der Waals surface area contributed by atoms with Crippen molar-refractivity contribution >= 4 is 38.4 Å². The van der Waals surface area contributed by atoms with Crippen LogP contribution in [0.5, 0.6) is 17.2 Å². The number of carbonyl (C=O) groups is 1. The predicted octanol–water partition coefficient (Wildman–Crippen LogP) is 5.00. The van der Waals surface area contributed by atoms with Crippen molar-refractivity contribution in [3.63, 3.8) is 0 Å². The molecule has 5 N–H and O–H groups in total. The lowest BCUT2D eigenvalue weighted by atomic mass is 10.0. The summed E-state index contributed by atoms with van der Waals surface area (Å²) in [7, 11) is -10.7. The molecule has 0 spiro atoms. The molecule has 0 aliphatic carbocycles. The Hall–Kier alpha value is -3.87. The highest BCUT2D eigenvalue weighted by Gasteiger charge is 2.44. The van der Waals surface area contributed by atoms with Crippen LogP contribution in [-0.2, 0) is 15.6 Å². The Kier molecular flexibility index (Phi) is 10.3. The zero-order valence-corrected chi connectivity index (χ0v) is 26.2. The van der Waals surface area contributed by atoms with Gasteiger partial charge in [-0.05, 0) is 49.7 Å². The van der Waals surface area contributed by atoms with Gasteiger partial charge in [-0.2, -0.15) is 0 Å². The number of halogens is 2. The van der Waals surface area contributed by atoms with Crippen molar-refractivity contribution in [3.8, 4) is 22.9 Å². The number of hydrogen-bond acceptors (Lipinski definition) is 8. The molecule has 0 amide bonds. The zero-order valence-electron chi connectivity index (χ0n) is 23.6. The summed E-state index contributed by atoms with van der Waals surface area (Å²) in [5, 5.41) is 1.47. The van der Waals surface area contributed by atoms with E-state index in [1.54, 1.807) is 19.1 Å². The minimum atomic E-state index is -5.37. The van der Waals surface area contributed by atoms with Gasteiger partial charge >= 0.3 is 15.2 Å². The first kappa shape index (κ1) is 34.0. The first-order chi connectivity index (χ1) is 21.1. The molecular weight excluding hydrogens is 655 g/mol. The lowest BCUT2D eigenvalue weighted by molar-refractivity contribution is 0.0987. The van der Waals surface area contributed by atoms with Crippen LogP contribution in [0.1, 0.15) is 28.4 Å². The van der Waals surface area contributed by atoms with E-state index in [0.717, 1.165) is 17.8 Å². The van der Waals surface area contributed by atoms with Gasteiger partial charge in [0.05, 0.1) is 6.61 Å². The fourth-order valence-electron chi connectivity index (χ4n) is 4.18. The molecule has 0 atom stereocenters. The molecule has 13 nitrogen and oxygen atoms in total. The standard InChI is InChI=1S/C28H27ClFN3O10P2/c1-3-42-22-11-13-33(18-7-4-16(2)5-8-18)27(35)24(22)20(34)15-17-6-9-21(19(30)14-17)43-23-10-12-31-26(25(23)29)32-28(44(36,37)38)45(39,40)41/h4-14,28H,3,15H2,1-2H3,(H,31,32)(H2,36,37,38)(H2,39,40,41). The van der Waals surface area contributed by atoms with Gasteiger partial charge in [0.25, 0.3) is 5.56 Å². The molecule has 2 aromatic heterocycles. The molecule has 0 saturated heterocycles. The van der Waals surface area contributed by atoms with Gasteiger partial charge < -0.3 is 34.4 Å². The van der Waals surface area contributed by atoms with E-state index in [4.69, 9.17) is 21.1 Å². The summed E-state index contributed by atoms with van der Waals surface area (Å²) in [4.78, 5) is 67.9. The van der Waals surface area contributed by atoms with Gasteiger partial charge in [0.1, 0.15) is 22.2 Å². The second kappa shape index (κ2) is 13.6. The Labute approximate surface area is 260 Å². The molecule has 0 saturated carbocycles. The Balaban J connectivity index is 1.59. The summed E-state index contributed by atoms with van der Waals surface area (Å²) >= 11 is 6.18. The van der Waals surface area contributed by atoms with Crippen molar-refractivity contribution in [1.82, 2.24) is 9.55 Å². The zero-order chi connectivity index (χ0) is 33.1. The highest BCUT2D eigenvalue weighted by molar-refractivity contribution is 7.71. The van der Waals surface area contributed by atoms with Crippen molar-refractivity contribution < 1.29 is 47.4 Å². The van der Waals surface area contributed by atoms with E-state index in [-0.39, 0.29) is 41.4 Å². The van der Waals surface area contributed by atoms with Crippen molar-refractivity contribution in [1.29, 1.82) is 0 Å². The van der Waals surface area contributed by atoms with Crippen molar-refractivity contribution in [2.45, 2.75) is 25.8 Å². The van der Waals surface area contributed by atoms with E-state index in [0.29, 0.717) is 5.69 Å². The largest absolute Gasteiger partial charge is 0.493 e. The monoisotopic (exact) mass is 681 g/mol. The van der Waals surface area contributed by atoms with Crippen LogP contribution in [0.25, 0.3) is 5.69 Å². The lowest BCUT2D eigenvalue weighted by Crippen LogP contribution is -2.27. The predicted molar refractivity (Wildman–Crippen MR) is 163 cm³/mol. The molecule has 4 rings (SSSR count). The average Bonchev–Trinajstić information content (AvgIpc) is 2.94. The SMILES string of the molecule is CCOc1ccn(-c2ccc(C)cc2)c(=O)c1C(=O)Cc1ccc(Oc2ccnc(NC(P(=O)(O)O)P(=O)(O)O)c2Cl)c(F)c1. The molecule has 0 radical (unpaired) electrons. The van der Waals surface area contributed by atoms with Crippen LogP contribution in [-0.4, -0.2) is 47.0 Å². The fraction of sp³-hybridized carbons (Fsp3) is 0.179. The normalized spacial score (nSPS) is 11.8. The lowest BCUT2D eigenvalue weighted by Gasteiger charge is -2.22. The van der Waals surface area contributed by atoms with Gasteiger partial charge in [-0.1, -0.05) is 35.4 Å². The third kappa shape index (κ3) is 8.05. The van der Waals surface area contributed by atoms with Gasteiger partial charge in [-0.3, -0.25) is 23.3 Å². The Morgan fingerprint density at radius 2 is 1.69 bits per heavy atom. The van der Waals surface area contributed by atoms with Crippen LogP contribution in [0, 0.1) is 12.7 Å². The molecule has 0 bridgehead atoms. The molecule has 4 aromatic rings. The summed E-state index contributed by atoms with van der Waals surface area (Å²) in [6, 6.07) is 13.4. The first-order valence-electron chi connectivity index (χ1n) is 13.1. The fourth-order valence-corrected chi connectivity index (χ4v) is 6.53. The molecule has 17 heteroatoms. The van der Waals surface area contributed by atoms with Gasteiger partial charge in [-0.25, -0.2) is 9.37 Å². The smallest absolute Gasteiger partial charge is 0.360 e. The number of ether oxygens (including phenoxy) is 2. The van der Waals surface area contributed by atoms with E-state index in [1.807, 2.05) is 24.4 Å². The van der Waals surface area contributed by atoms with Gasteiger partial charge in [0, 0.05) is 30.6 Å². The molecule has 2 aromatic carbocycles. The Morgan fingerprint density at radius 1 is 1.02 bits per heavy atom. The molecule has 45 heavy (non-hydrogen) atoms. The molecule has 2 heterocycles. The Morgan fingerprint density at radius 3 is 2.29 bits per heavy atom. The second-order valence-corrected chi connectivity index (χ2v) is 13.8. The van der Waals surface area contributed by atoms with Crippen LogP contribution in [0.4, 0.5) is 10.2 Å². The quantitative estimate of drug-likeness (QED) is 0.0992. The highest BCUT2D eigenvalue weighted by Crippen LogP contribution is 2.59. The minimum absolute atomic E-state index is 0.0905. The maximum absolute atomic E-state index is 15.1. The van der Waals surface area contributed by atoms with Crippen molar-refractivity contribution in [2.75, 3.05) is 11.9 Å². The number of pyridine rings is 2. The average molecular weight is 682 g/mol. The van der Waals surface area contributed by atoms with Crippen LogP contribution in [0.15, 0.2) is 71.8 Å². The van der Waals surface area contributed by atoms with E-state index < -0.39 is 48.7 Å². The van der Waals surface area contributed by atoms with E-state index in [2.05, 4.69) is 4.98 Å². The number of carbonyl (C=O) groups excluding carboxylic acids is 1. The number of hydrogen-bond donors (Lipinski definition) is 5. The second-order valence-electron chi connectivity index (χ2n) is 9.63. The number of nitrogens with one attached hydrogen (secondary N) is 1. The summed E-state index contributed by atoms with van der Waals surface area (Å²) in [5.41, 5.74) is -1.72. The molecule has 0 aliphatic heterocycles. The van der Waals surface area contributed by atoms with Crippen LogP contribution in [0.3, 0.4) is 0 Å². The van der Waals surface area contributed by atoms with E-state index in [1.165, 1.54) is 35.0 Å². The third-order valence-corrected chi connectivity index (χ3v) is 9.99. The third-order valence-electron chi connectivity index (χ3n) is 6.28. The topological polar surface area (TPSA) is 198 Å². The van der Waals surface area contributed by atoms with Crippen molar-refractivity contribution in [2.24, 2.45) is 0 Å². The number of ketones is 1. The molecule has 238 valence electrons. The summed E-state index contributed by atoms with van der Waals surface area (Å²) in [6.45, 7) is 3.80.